The number of rotatable bonds is 5. The first kappa shape index (κ1) is 24.1. The van der Waals surface area contributed by atoms with Crippen LogP contribution in [-0.4, -0.2) is 23.4 Å². The van der Waals surface area contributed by atoms with Crippen LogP contribution in [0.5, 0.6) is 11.5 Å². The zero-order chi connectivity index (χ0) is 25.6. The van der Waals surface area contributed by atoms with Crippen LogP contribution in [0.4, 0.5) is 11.4 Å². The minimum Gasteiger partial charge on any atom is -0.490 e. The van der Waals surface area contributed by atoms with E-state index in [4.69, 9.17) is 21.7 Å². The molecule has 5 rings (SSSR count). The van der Waals surface area contributed by atoms with E-state index in [1.165, 1.54) is 0 Å². The van der Waals surface area contributed by atoms with E-state index in [1.807, 2.05) is 94.1 Å². The molecule has 3 aromatic rings. The fourth-order valence-corrected chi connectivity index (χ4v) is 5.79. The van der Waals surface area contributed by atoms with Crippen LogP contribution in [0.2, 0.25) is 0 Å². The quantitative estimate of drug-likeness (QED) is 0.430. The number of thiocarbonyl (C=S) groups is 1. The Morgan fingerprint density at radius 1 is 1.11 bits per heavy atom. The predicted molar refractivity (Wildman–Crippen MR) is 147 cm³/mol. The van der Waals surface area contributed by atoms with Crippen molar-refractivity contribution >= 4 is 34.6 Å². The van der Waals surface area contributed by atoms with Gasteiger partial charge in [0.2, 0.25) is 5.91 Å². The van der Waals surface area contributed by atoms with Crippen molar-refractivity contribution in [2.24, 2.45) is 5.92 Å². The van der Waals surface area contributed by atoms with Crippen LogP contribution in [0.15, 0.2) is 60.7 Å². The number of ether oxygens (including phenoxy) is 2. The molecule has 0 saturated carbocycles. The molecule has 0 spiro atoms. The van der Waals surface area contributed by atoms with Crippen molar-refractivity contribution in [1.82, 2.24) is 5.32 Å². The highest BCUT2D eigenvalue weighted by atomic mass is 32.1. The number of para-hydroxylation sites is 2. The van der Waals surface area contributed by atoms with Crippen LogP contribution in [0, 0.1) is 26.7 Å². The normalized spacial score (nSPS) is 22.2. The first-order chi connectivity index (χ1) is 17.2. The molecule has 2 aliphatic heterocycles. The zero-order valence-corrected chi connectivity index (χ0v) is 22.0. The molecule has 0 unspecified atom stereocenters. The van der Waals surface area contributed by atoms with E-state index in [-0.39, 0.29) is 5.91 Å². The number of nitrogens with zero attached hydrogens (tertiary/aromatic N) is 1. The van der Waals surface area contributed by atoms with Gasteiger partial charge in [0.15, 0.2) is 22.3 Å². The third-order valence-corrected chi connectivity index (χ3v) is 7.37. The molecule has 6 nitrogen and oxygen atoms in total. The van der Waals surface area contributed by atoms with Gasteiger partial charge in [0.1, 0.15) is 5.92 Å². The van der Waals surface area contributed by atoms with Gasteiger partial charge in [-0.2, -0.15) is 0 Å². The lowest BCUT2D eigenvalue weighted by Crippen LogP contribution is -2.72. The molecule has 3 atom stereocenters. The Morgan fingerprint density at radius 2 is 1.89 bits per heavy atom. The molecule has 1 fully saturated rings. The number of benzene rings is 3. The van der Waals surface area contributed by atoms with Gasteiger partial charge in [0, 0.05) is 16.9 Å². The molecule has 0 aliphatic carbocycles. The third-order valence-electron chi connectivity index (χ3n) is 7.07. The fraction of sp³-hybridized carbons (Fsp3) is 0.310. The lowest BCUT2D eigenvalue weighted by atomic mass is 9.78. The average Bonchev–Trinajstić information content (AvgIpc) is 2.82. The van der Waals surface area contributed by atoms with Gasteiger partial charge in [-0.3, -0.25) is 9.69 Å². The second-order valence-corrected chi connectivity index (χ2v) is 9.99. The van der Waals surface area contributed by atoms with Crippen LogP contribution in [0.25, 0.3) is 0 Å². The number of anilines is 2. The average molecular weight is 502 g/mol. The lowest BCUT2D eigenvalue weighted by Gasteiger charge is -2.56. The molecule has 36 heavy (non-hydrogen) atoms. The van der Waals surface area contributed by atoms with E-state index >= 15 is 0 Å². The summed E-state index contributed by atoms with van der Waals surface area (Å²) in [6.45, 7) is 10.5. The molecule has 2 N–H and O–H groups in total. The van der Waals surface area contributed by atoms with E-state index in [9.17, 15) is 4.79 Å². The van der Waals surface area contributed by atoms with Crippen molar-refractivity contribution in [3.8, 4) is 11.5 Å². The summed E-state index contributed by atoms with van der Waals surface area (Å²) in [5.41, 5.74) is 4.60. The van der Waals surface area contributed by atoms with Gasteiger partial charge in [-0.05, 0) is 76.2 Å². The maximum Gasteiger partial charge on any atom is 0.236 e. The summed E-state index contributed by atoms with van der Waals surface area (Å²) in [4.78, 5) is 16.0. The predicted octanol–water partition coefficient (Wildman–Crippen LogP) is 5.81. The Balaban J connectivity index is 1.66. The lowest BCUT2D eigenvalue weighted by molar-refractivity contribution is -0.130. The van der Waals surface area contributed by atoms with E-state index < -0.39 is 17.7 Å². The summed E-state index contributed by atoms with van der Waals surface area (Å²) in [6.07, 6.45) is 0. The number of hydrogen-bond acceptors (Lipinski definition) is 4. The number of amides is 1. The Bertz CT molecular complexity index is 1360. The second kappa shape index (κ2) is 9.13. The van der Waals surface area contributed by atoms with Crippen molar-refractivity contribution < 1.29 is 14.3 Å². The highest BCUT2D eigenvalue weighted by Gasteiger charge is 2.59. The topological polar surface area (TPSA) is 62.8 Å². The smallest absolute Gasteiger partial charge is 0.236 e. The summed E-state index contributed by atoms with van der Waals surface area (Å²) >= 11 is 5.88. The Hall–Kier alpha value is -3.58. The van der Waals surface area contributed by atoms with Gasteiger partial charge in [-0.1, -0.05) is 48.0 Å². The summed E-state index contributed by atoms with van der Waals surface area (Å²) in [6, 6.07) is 19.4. The first-order valence-corrected chi connectivity index (χ1v) is 12.6. The minimum atomic E-state index is -1.11. The van der Waals surface area contributed by atoms with Gasteiger partial charge >= 0.3 is 0 Å². The molecule has 186 valence electrons. The van der Waals surface area contributed by atoms with E-state index in [0.29, 0.717) is 23.2 Å². The van der Waals surface area contributed by atoms with Crippen molar-refractivity contribution in [3.63, 3.8) is 0 Å². The van der Waals surface area contributed by atoms with Crippen molar-refractivity contribution in [2.45, 2.75) is 46.4 Å². The van der Waals surface area contributed by atoms with Crippen molar-refractivity contribution in [1.29, 1.82) is 0 Å². The molecule has 2 aliphatic rings. The van der Waals surface area contributed by atoms with Gasteiger partial charge in [0.05, 0.1) is 12.6 Å². The van der Waals surface area contributed by atoms with Gasteiger partial charge in [-0.25, -0.2) is 0 Å². The molecule has 0 radical (unpaired) electrons. The van der Waals surface area contributed by atoms with E-state index in [2.05, 4.69) is 16.7 Å². The summed E-state index contributed by atoms with van der Waals surface area (Å²) in [5, 5.41) is 7.16. The number of aryl methyl sites for hydroxylation is 3. The number of carbonyl (C=O) groups is 1. The van der Waals surface area contributed by atoms with Crippen LogP contribution >= 0.6 is 12.2 Å². The van der Waals surface area contributed by atoms with Crippen molar-refractivity contribution in [3.05, 3.63) is 82.9 Å². The fourth-order valence-electron chi connectivity index (χ4n) is 5.38. The molecule has 2 heterocycles. The van der Waals surface area contributed by atoms with Gasteiger partial charge < -0.3 is 20.1 Å². The Morgan fingerprint density at radius 3 is 2.61 bits per heavy atom. The monoisotopic (exact) mass is 501 g/mol. The first-order valence-electron chi connectivity index (χ1n) is 12.2. The van der Waals surface area contributed by atoms with E-state index in [1.54, 1.807) is 0 Å². The molecular formula is C29H31N3O3S. The largest absolute Gasteiger partial charge is 0.490 e. The summed E-state index contributed by atoms with van der Waals surface area (Å²) in [5.74, 6) is 0.527. The molecule has 3 aromatic carbocycles. The number of fused-ring (bicyclic) bond motifs is 4. The zero-order valence-electron chi connectivity index (χ0n) is 21.2. The molecule has 2 bridgehead atoms. The maximum absolute atomic E-state index is 14.1. The molecule has 0 aromatic heterocycles. The van der Waals surface area contributed by atoms with Crippen LogP contribution in [0.3, 0.4) is 0 Å². The maximum atomic E-state index is 14.1. The summed E-state index contributed by atoms with van der Waals surface area (Å²) in [7, 11) is 0. The molecular weight excluding hydrogens is 470 g/mol. The van der Waals surface area contributed by atoms with Crippen LogP contribution in [0.1, 0.15) is 42.1 Å². The van der Waals surface area contributed by atoms with E-state index in [0.717, 1.165) is 33.6 Å². The summed E-state index contributed by atoms with van der Waals surface area (Å²) < 4.78 is 12.7. The molecule has 1 saturated heterocycles. The number of carbonyl (C=O) groups excluding carboxylic acids is 1. The highest BCUT2D eigenvalue weighted by Crippen LogP contribution is 2.53. The number of nitrogens with one attached hydrogen (secondary N) is 2. The van der Waals surface area contributed by atoms with Crippen LogP contribution < -0.4 is 25.0 Å². The van der Waals surface area contributed by atoms with Gasteiger partial charge in [-0.15, -0.1) is 0 Å². The molecule has 7 heteroatoms. The third kappa shape index (κ3) is 3.88. The second-order valence-electron chi connectivity index (χ2n) is 9.60. The highest BCUT2D eigenvalue weighted by molar-refractivity contribution is 7.80. The van der Waals surface area contributed by atoms with Crippen molar-refractivity contribution in [2.75, 3.05) is 16.8 Å². The Labute approximate surface area is 217 Å². The number of hydrogen-bond donors (Lipinski definition) is 2. The Kier molecular flexibility index (Phi) is 6.12. The standard InChI is InChI=1S/C29H31N3O3S/c1-6-34-23-13-9-11-20-25-24(27(33)30-21-15-14-17(2)16-19(21)4)29(5,35-26(20)23)32(28(36)31-25)22-12-8-7-10-18(22)3/h7-16,24-25H,6H2,1-5H3,(H,30,33)(H,31,36)/t24-,25+,29-/m0/s1. The minimum absolute atomic E-state index is 0.143. The van der Waals surface area contributed by atoms with Crippen LogP contribution in [-0.2, 0) is 4.79 Å². The SMILES string of the molecule is CCOc1cccc2c1O[C@@]1(C)[C@H](C(=O)Nc3ccc(C)cc3C)[C@@H]2NC(=S)N1c1ccccc1C. The molecule has 1 amide bonds. The van der Waals surface area contributed by atoms with Gasteiger partial charge in [0.25, 0.3) is 0 Å².